The number of halogens is 3. The van der Waals surface area contributed by atoms with Crippen molar-refractivity contribution in [2.75, 3.05) is 19.9 Å². The zero-order valence-corrected chi connectivity index (χ0v) is 17.2. The van der Waals surface area contributed by atoms with E-state index in [1.165, 1.54) is 18.2 Å². The Morgan fingerprint density at radius 3 is 2.30 bits per heavy atom. The lowest BCUT2D eigenvalue weighted by molar-refractivity contribution is -0.160. The van der Waals surface area contributed by atoms with Crippen LogP contribution < -0.4 is 9.47 Å². The van der Waals surface area contributed by atoms with Crippen LogP contribution in [0.3, 0.4) is 0 Å². The van der Waals surface area contributed by atoms with Crippen molar-refractivity contribution in [2.24, 2.45) is 17.8 Å². The molecule has 0 aromatic heterocycles. The van der Waals surface area contributed by atoms with Crippen LogP contribution in [-0.2, 0) is 9.53 Å². The first-order chi connectivity index (χ1) is 14.5. The van der Waals surface area contributed by atoms with Crippen molar-refractivity contribution in [1.82, 2.24) is 0 Å². The van der Waals surface area contributed by atoms with Crippen LogP contribution >= 0.6 is 0 Å². The molecule has 1 aromatic rings. The molecule has 1 saturated heterocycles. The molecule has 1 saturated carbocycles. The summed E-state index contributed by atoms with van der Waals surface area (Å²) < 4.78 is 56.3. The highest BCUT2D eigenvalue weighted by molar-refractivity contribution is 5.74. The number of rotatable bonds is 8. The summed E-state index contributed by atoms with van der Waals surface area (Å²) in [6.07, 6.45) is 7.62. The van der Waals surface area contributed by atoms with Crippen molar-refractivity contribution in [3.05, 3.63) is 35.9 Å². The van der Waals surface area contributed by atoms with Gasteiger partial charge in [0.05, 0.1) is 19.1 Å². The first-order valence-corrected chi connectivity index (χ1v) is 10.7. The summed E-state index contributed by atoms with van der Waals surface area (Å²) in [6.45, 7) is 1.70. The largest absolute Gasteiger partial charge is 0.491 e. The maximum atomic E-state index is 14.1. The summed E-state index contributed by atoms with van der Waals surface area (Å²) in [5.41, 5.74) is 0. The lowest BCUT2D eigenvalue weighted by Crippen LogP contribution is -2.36. The molecule has 1 aliphatic heterocycles. The Labute approximate surface area is 175 Å². The minimum atomic E-state index is -1.03. The molecule has 4 nitrogen and oxygen atoms in total. The molecule has 2 fully saturated rings. The number of esters is 1. The second-order valence-electron chi connectivity index (χ2n) is 7.96. The van der Waals surface area contributed by atoms with Crippen LogP contribution in [0.2, 0.25) is 0 Å². The number of ether oxygens (including phenoxy) is 3. The molecule has 2 atom stereocenters. The first kappa shape index (κ1) is 22.5. The van der Waals surface area contributed by atoms with Crippen LogP contribution in [-0.4, -0.2) is 32.0 Å². The summed E-state index contributed by atoms with van der Waals surface area (Å²) in [5.74, 6) is -2.11. The van der Waals surface area contributed by atoms with Gasteiger partial charge in [-0.1, -0.05) is 6.08 Å². The third-order valence-corrected chi connectivity index (χ3v) is 6.02. The Bertz CT molecular complexity index is 744. The van der Waals surface area contributed by atoms with Crippen LogP contribution in [0.4, 0.5) is 13.2 Å². The van der Waals surface area contributed by atoms with Gasteiger partial charge in [-0.3, -0.25) is 4.79 Å². The molecule has 1 aliphatic carbocycles. The van der Waals surface area contributed by atoms with E-state index >= 15 is 0 Å². The number of alkyl halides is 1. The van der Waals surface area contributed by atoms with Gasteiger partial charge in [-0.05, 0) is 75.5 Å². The molecular weight excluding hydrogens is 397 g/mol. The van der Waals surface area contributed by atoms with Gasteiger partial charge in [0.25, 0.3) is 0 Å². The molecular formula is C23H29F3O4. The molecule has 1 heterocycles. The minimum absolute atomic E-state index is 0.110. The van der Waals surface area contributed by atoms with E-state index < -0.39 is 18.3 Å². The predicted octanol–water partition coefficient (Wildman–Crippen LogP) is 5.40. The summed E-state index contributed by atoms with van der Waals surface area (Å²) in [5, 5.41) is 0. The molecule has 0 radical (unpaired) electrons. The Morgan fingerprint density at radius 2 is 1.70 bits per heavy atom. The second kappa shape index (κ2) is 10.7. The van der Waals surface area contributed by atoms with Gasteiger partial charge in [0.1, 0.15) is 12.8 Å². The fraction of sp³-hybridized carbons (Fsp3) is 0.609. The number of benzene rings is 1. The second-order valence-corrected chi connectivity index (χ2v) is 7.96. The Hall–Kier alpha value is -2.18. The van der Waals surface area contributed by atoms with Crippen molar-refractivity contribution in [1.29, 1.82) is 0 Å². The molecule has 3 rings (SSSR count). The highest BCUT2D eigenvalue weighted by atomic mass is 19.2. The van der Waals surface area contributed by atoms with Gasteiger partial charge < -0.3 is 14.2 Å². The van der Waals surface area contributed by atoms with Crippen LogP contribution in [0, 0.1) is 29.4 Å². The van der Waals surface area contributed by atoms with E-state index in [-0.39, 0.29) is 47.9 Å². The van der Waals surface area contributed by atoms with E-state index in [1.807, 2.05) is 0 Å². The van der Waals surface area contributed by atoms with Crippen LogP contribution in [0.5, 0.6) is 11.5 Å². The summed E-state index contributed by atoms with van der Waals surface area (Å²) >= 11 is 0. The van der Waals surface area contributed by atoms with Crippen LogP contribution in [0.15, 0.2) is 24.3 Å². The maximum Gasteiger partial charge on any atom is 0.309 e. The number of allylic oxidation sites excluding steroid dienone is 1. The lowest BCUT2D eigenvalue weighted by atomic mass is 9.73. The van der Waals surface area contributed by atoms with Crippen molar-refractivity contribution in [2.45, 2.75) is 51.6 Å². The summed E-state index contributed by atoms with van der Waals surface area (Å²) in [6, 6.07) is 2.76. The first-order valence-electron chi connectivity index (χ1n) is 10.7. The molecule has 0 N–H and O–H groups in total. The molecule has 0 bridgehead atoms. The van der Waals surface area contributed by atoms with Crippen LogP contribution in [0.1, 0.15) is 45.4 Å². The molecule has 166 valence electrons. The number of carbonyl (C=O) groups is 1. The maximum absolute atomic E-state index is 14.1. The molecule has 7 heteroatoms. The monoisotopic (exact) mass is 426 g/mol. The van der Waals surface area contributed by atoms with E-state index in [4.69, 9.17) is 14.2 Å². The van der Waals surface area contributed by atoms with Gasteiger partial charge in [0, 0.05) is 0 Å². The van der Waals surface area contributed by atoms with Crippen molar-refractivity contribution >= 4 is 5.97 Å². The van der Waals surface area contributed by atoms with E-state index in [9.17, 15) is 18.0 Å². The highest BCUT2D eigenvalue weighted by Gasteiger charge is 2.37. The summed E-state index contributed by atoms with van der Waals surface area (Å²) in [7, 11) is 0. The predicted molar refractivity (Wildman–Crippen MR) is 106 cm³/mol. The van der Waals surface area contributed by atoms with E-state index in [1.54, 1.807) is 13.0 Å². The smallest absolute Gasteiger partial charge is 0.309 e. The lowest BCUT2D eigenvalue weighted by Gasteiger charge is -2.36. The van der Waals surface area contributed by atoms with Crippen molar-refractivity contribution in [3.8, 4) is 11.5 Å². The van der Waals surface area contributed by atoms with Gasteiger partial charge in [-0.2, -0.15) is 8.78 Å². The van der Waals surface area contributed by atoms with E-state index in [2.05, 4.69) is 0 Å². The molecule has 0 spiro atoms. The third kappa shape index (κ3) is 5.49. The van der Waals surface area contributed by atoms with E-state index in [0.717, 1.165) is 38.5 Å². The van der Waals surface area contributed by atoms with Gasteiger partial charge in [0.2, 0.25) is 11.6 Å². The quantitative estimate of drug-likeness (QED) is 0.413. The topological polar surface area (TPSA) is 44.8 Å². The number of cyclic esters (lactones) is 1. The standard InChI is InChI=1S/C23H29F3O4/c1-2-28-19-11-12-20(22(26)21(19)25)29-14-15-5-7-16(8-6-15)18-10-9-17(4-3-13-24)30-23(18)27/h3-4,11-12,15-18H,2,5-10,13-14H2,1H3. The number of hydrogen-bond acceptors (Lipinski definition) is 4. The number of hydrogen-bond donors (Lipinski definition) is 0. The minimum Gasteiger partial charge on any atom is -0.491 e. The average Bonchev–Trinajstić information content (AvgIpc) is 2.76. The Balaban J connectivity index is 1.46. The average molecular weight is 426 g/mol. The van der Waals surface area contributed by atoms with Gasteiger partial charge >= 0.3 is 5.97 Å². The van der Waals surface area contributed by atoms with Crippen molar-refractivity contribution < 1.29 is 32.2 Å². The molecule has 1 aromatic carbocycles. The fourth-order valence-corrected chi connectivity index (χ4v) is 4.38. The Morgan fingerprint density at radius 1 is 1.03 bits per heavy atom. The SMILES string of the molecule is CCOc1ccc(OCC2CCC(C3CCC(C=CCF)OC3=O)CC2)c(F)c1F. The third-order valence-electron chi connectivity index (χ3n) is 6.02. The van der Waals surface area contributed by atoms with Gasteiger partial charge in [-0.25, -0.2) is 4.39 Å². The zero-order chi connectivity index (χ0) is 21.5. The van der Waals surface area contributed by atoms with Gasteiger partial charge in [0.15, 0.2) is 11.5 Å². The summed E-state index contributed by atoms with van der Waals surface area (Å²) in [4.78, 5) is 12.3. The molecule has 0 amide bonds. The van der Waals surface area contributed by atoms with Crippen LogP contribution in [0.25, 0.3) is 0 Å². The molecule has 2 unspecified atom stereocenters. The highest BCUT2D eigenvalue weighted by Crippen LogP contribution is 2.39. The van der Waals surface area contributed by atoms with Crippen molar-refractivity contribution in [3.63, 3.8) is 0 Å². The fourth-order valence-electron chi connectivity index (χ4n) is 4.38. The van der Waals surface area contributed by atoms with Gasteiger partial charge in [-0.15, -0.1) is 0 Å². The molecule has 30 heavy (non-hydrogen) atoms. The number of carbonyl (C=O) groups excluding carboxylic acids is 1. The molecule has 2 aliphatic rings. The van der Waals surface area contributed by atoms with E-state index in [0.29, 0.717) is 6.61 Å². The Kier molecular flexibility index (Phi) is 8.05. The normalized spacial score (nSPS) is 27.1. The zero-order valence-electron chi connectivity index (χ0n) is 17.2.